The summed E-state index contributed by atoms with van der Waals surface area (Å²) in [5, 5.41) is 11.3. The number of urea groups is 1. The zero-order chi connectivity index (χ0) is 15.0. The molecule has 2 amide bonds. The maximum absolute atomic E-state index is 11.7. The van der Waals surface area contributed by atoms with Crippen molar-refractivity contribution in [3.8, 4) is 0 Å². The van der Waals surface area contributed by atoms with Gasteiger partial charge in [-0.15, -0.1) is 0 Å². The molecule has 1 aliphatic heterocycles. The molecule has 0 unspecified atom stereocenters. The molecule has 20 heavy (non-hydrogen) atoms. The Balaban J connectivity index is 2.07. The molecule has 1 fully saturated rings. The number of carboxylic acids is 1. The van der Waals surface area contributed by atoms with Crippen molar-refractivity contribution in [3.05, 3.63) is 0 Å². The third kappa shape index (κ3) is 5.75. The smallest absolute Gasteiger partial charge is 0.329 e. The summed E-state index contributed by atoms with van der Waals surface area (Å²) in [5.41, 5.74) is -0.548. The summed E-state index contributed by atoms with van der Waals surface area (Å²) in [6, 6.07) is -0.166. The van der Waals surface area contributed by atoms with Crippen LogP contribution in [0.5, 0.6) is 0 Å². The minimum absolute atomic E-state index is 0.166. The highest BCUT2D eigenvalue weighted by molar-refractivity contribution is 5.75. The third-order valence-electron chi connectivity index (χ3n) is 3.05. The monoisotopic (exact) mass is 288 g/mol. The zero-order valence-corrected chi connectivity index (χ0v) is 12.2. The summed E-state index contributed by atoms with van der Waals surface area (Å²) >= 11 is 0. The molecule has 1 saturated heterocycles. The normalized spacial score (nSPS) is 16.6. The molecule has 1 aliphatic rings. The molecule has 116 valence electrons. The number of carbonyl (C=O) groups is 2. The van der Waals surface area contributed by atoms with Crippen molar-refractivity contribution in [2.45, 2.75) is 32.3 Å². The first-order chi connectivity index (χ1) is 9.47. The zero-order valence-electron chi connectivity index (χ0n) is 12.2. The predicted molar refractivity (Wildman–Crippen MR) is 72.7 cm³/mol. The summed E-state index contributed by atoms with van der Waals surface area (Å²) in [5.74, 6) is -1.00. The fourth-order valence-corrected chi connectivity index (χ4v) is 1.92. The minimum Gasteiger partial charge on any atom is -0.480 e. The average Bonchev–Trinajstić information content (AvgIpc) is 2.37. The molecule has 7 heteroatoms. The van der Waals surface area contributed by atoms with Crippen molar-refractivity contribution in [3.63, 3.8) is 0 Å². The molecular weight excluding hydrogens is 264 g/mol. The maximum Gasteiger partial charge on any atom is 0.329 e. The molecule has 1 rings (SSSR count). The first-order valence-corrected chi connectivity index (χ1v) is 6.93. The van der Waals surface area contributed by atoms with Gasteiger partial charge in [-0.2, -0.15) is 0 Å². The molecular formula is C13H24N2O5. The predicted octanol–water partition coefficient (Wildman–Crippen LogP) is 0.688. The lowest BCUT2D eigenvalue weighted by atomic mass is 9.97. The molecule has 7 nitrogen and oxygen atoms in total. The van der Waals surface area contributed by atoms with E-state index in [0.717, 1.165) is 19.4 Å². The topological polar surface area (TPSA) is 88.1 Å². The molecule has 0 saturated carbocycles. The van der Waals surface area contributed by atoms with E-state index in [4.69, 9.17) is 14.6 Å². The molecule has 0 aromatic carbocycles. The number of aliphatic carboxylic acids is 1. The van der Waals surface area contributed by atoms with Crippen molar-refractivity contribution >= 4 is 12.0 Å². The molecule has 0 spiro atoms. The van der Waals surface area contributed by atoms with Crippen molar-refractivity contribution in [1.82, 2.24) is 10.2 Å². The van der Waals surface area contributed by atoms with Gasteiger partial charge < -0.3 is 24.8 Å². The molecule has 0 atom stereocenters. The number of nitrogens with one attached hydrogen (secondary N) is 1. The van der Waals surface area contributed by atoms with Gasteiger partial charge in [-0.25, -0.2) is 9.59 Å². The first-order valence-electron chi connectivity index (χ1n) is 6.93. The number of hydrogen-bond donors (Lipinski definition) is 2. The summed E-state index contributed by atoms with van der Waals surface area (Å²) in [6.07, 6.45) is 2.12. The summed E-state index contributed by atoms with van der Waals surface area (Å²) in [7, 11) is 0. The SMILES string of the molecule is CCCCOCCNC(=O)N1CC(C)(OCC(=O)O)C1. The van der Waals surface area contributed by atoms with Gasteiger partial charge >= 0.3 is 12.0 Å². The van der Waals surface area contributed by atoms with Crippen LogP contribution in [-0.2, 0) is 14.3 Å². The second-order valence-electron chi connectivity index (χ2n) is 5.19. The highest BCUT2D eigenvalue weighted by Gasteiger charge is 2.42. The van der Waals surface area contributed by atoms with Crippen LogP contribution < -0.4 is 5.32 Å². The van der Waals surface area contributed by atoms with Gasteiger partial charge in [-0.3, -0.25) is 0 Å². The summed E-state index contributed by atoms with van der Waals surface area (Å²) < 4.78 is 10.6. The number of unbranched alkanes of at least 4 members (excludes halogenated alkanes) is 1. The number of ether oxygens (including phenoxy) is 2. The molecule has 2 N–H and O–H groups in total. The molecule has 1 heterocycles. The van der Waals surface area contributed by atoms with Crippen LogP contribution in [0, 0.1) is 0 Å². The van der Waals surface area contributed by atoms with Gasteiger partial charge in [0.1, 0.15) is 12.2 Å². The quantitative estimate of drug-likeness (QED) is 0.609. The van der Waals surface area contributed by atoms with E-state index in [1.54, 1.807) is 11.8 Å². The van der Waals surface area contributed by atoms with E-state index >= 15 is 0 Å². The first kappa shape index (κ1) is 16.7. The average molecular weight is 288 g/mol. The van der Waals surface area contributed by atoms with E-state index in [1.165, 1.54) is 0 Å². The van der Waals surface area contributed by atoms with E-state index in [0.29, 0.717) is 26.2 Å². The van der Waals surface area contributed by atoms with Gasteiger partial charge in [0.05, 0.1) is 19.7 Å². The van der Waals surface area contributed by atoms with Gasteiger partial charge in [-0.05, 0) is 13.3 Å². The lowest BCUT2D eigenvalue weighted by Gasteiger charge is -2.46. The number of hydrogen-bond acceptors (Lipinski definition) is 4. The number of amides is 2. The lowest BCUT2D eigenvalue weighted by molar-refractivity contribution is -0.159. The Morgan fingerprint density at radius 2 is 2.05 bits per heavy atom. The molecule has 0 aromatic rings. The van der Waals surface area contributed by atoms with Crippen LogP contribution >= 0.6 is 0 Å². The summed E-state index contributed by atoms with van der Waals surface area (Å²) in [4.78, 5) is 23.7. The van der Waals surface area contributed by atoms with Gasteiger partial charge in [0.15, 0.2) is 0 Å². The highest BCUT2D eigenvalue weighted by atomic mass is 16.5. The Morgan fingerprint density at radius 1 is 1.35 bits per heavy atom. The molecule has 0 bridgehead atoms. The third-order valence-corrected chi connectivity index (χ3v) is 3.05. The standard InChI is InChI=1S/C13H24N2O5/c1-3-4-6-19-7-5-14-12(18)15-9-13(2,10-15)20-8-11(16)17/h3-10H2,1-2H3,(H,14,18)(H,16,17). The maximum atomic E-state index is 11.7. The van der Waals surface area contributed by atoms with Crippen LogP contribution in [0.4, 0.5) is 4.79 Å². The molecule has 0 aromatic heterocycles. The largest absolute Gasteiger partial charge is 0.480 e. The van der Waals surface area contributed by atoms with E-state index in [-0.39, 0.29) is 12.6 Å². The van der Waals surface area contributed by atoms with Crippen LogP contribution in [0.3, 0.4) is 0 Å². The molecule has 0 radical (unpaired) electrons. The molecule has 0 aliphatic carbocycles. The Labute approximate surface area is 119 Å². The van der Waals surface area contributed by atoms with Crippen LogP contribution in [-0.4, -0.2) is 67.1 Å². The second-order valence-corrected chi connectivity index (χ2v) is 5.19. The van der Waals surface area contributed by atoms with E-state index in [2.05, 4.69) is 12.2 Å². The summed E-state index contributed by atoms with van der Waals surface area (Å²) in [6.45, 7) is 6.07. The lowest BCUT2D eigenvalue weighted by Crippen LogP contribution is -2.65. The number of rotatable bonds is 9. The Kier molecular flexibility index (Phi) is 6.74. The Bertz CT molecular complexity index is 329. The van der Waals surface area contributed by atoms with Crippen molar-refractivity contribution < 1.29 is 24.2 Å². The van der Waals surface area contributed by atoms with Crippen molar-refractivity contribution in [2.75, 3.05) is 39.5 Å². The fraction of sp³-hybridized carbons (Fsp3) is 0.846. The van der Waals surface area contributed by atoms with Crippen molar-refractivity contribution in [2.24, 2.45) is 0 Å². The van der Waals surface area contributed by atoms with Crippen LogP contribution in [0.1, 0.15) is 26.7 Å². The Hall–Kier alpha value is -1.34. The van der Waals surface area contributed by atoms with Gasteiger partial charge in [0.25, 0.3) is 0 Å². The van der Waals surface area contributed by atoms with Crippen LogP contribution in [0.15, 0.2) is 0 Å². The Morgan fingerprint density at radius 3 is 2.65 bits per heavy atom. The number of carboxylic acid groups (broad SMARTS) is 1. The highest BCUT2D eigenvalue weighted by Crippen LogP contribution is 2.24. The van der Waals surface area contributed by atoms with Crippen LogP contribution in [0.25, 0.3) is 0 Å². The number of nitrogens with zero attached hydrogens (tertiary/aromatic N) is 1. The second kappa shape index (κ2) is 8.06. The van der Waals surface area contributed by atoms with E-state index in [1.807, 2.05) is 0 Å². The van der Waals surface area contributed by atoms with Gasteiger partial charge in [-0.1, -0.05) is 13.3 Å². The van der Waals surface area contributed by atoms with E-state index in [9.17, 15) is 9.59 Å². The number of likely N-dealkylation sites (tertiary alicyclic amines) is 1. The minimum atomic E-state index is -1.00. The van der Waals surface area contributed by atoms with Crippen molar-refractivity contribution in [1.29, 1.82) is 0 Å². The van der Waals surface area contributed by atoms with E-state index < -0.39 is 11.6 Å². The number of carbonyl (C=O) groups excluding carboxylic acids is 1. The fourth-order valence-electron chi connectivity index (χ4n) is 1.92. The van der Waals surface area contributed by atoms with Gasteiger partial charge in [0, 0.05) is 13.2 Å². The van der Waals surface area contributed by atoms with Crippen LogP contribution in [0.2, 0.25) is 0 Å². The van der Waals surface area contributed by atoms with Gasteiger partial charge in [0.2, 0.25) is 0 Å².